The molecule has 3 nitrogen and oxygen atoms in total. The largest absolute Gasteiger partial charge is 0.434 e. The van der Waals surface area contributed by atoms with Gasteiger partial charge in [0.25, 0.3) is 0 Å². The highest BCUT2D eigenvalue weighted by atomic mass is 19.3. The second-order valence-corrected chi connectivity index (χ2v) is 4.33. The van der Waals surface area contributed by atoms with Crippen molar-refractivity contribution >= 4 is 0 Å². The molecule has 1 fully saturated rings. The molecule has 0 aliphatic heterocycles. The first-order valence-corrected chi connectivity index (χ1v) is 5.87. The predicted octanol–water partition coefficient (Wildman–Crippen LogP) is 2.85. The first-order valence-electron chi connectivity index (χ1n) is 5.87. The highest BCUT2D eigenvalue weighted by Crippen LogP contribution is 2.30. The van der Waals surface area contributed by atoms with E-state index in [0.29, 0.717) is 11.5 Å². The molecule has 5 heteroatoms. The van der Waals surface area contributed by atoms with E-state index in [-0.39, 0.29) is 5.75 Å². The van der Waals surface area contributed by atoms with Crippen LogP contribution in [0.15, 0.2) is 24.3 Å². The van der Waals surface area contributed by atoms with Crippen LogP contribution >= 0.6 is 0 Å². The molecule has 1 aliphatic rings. The van der Waals surface area contributed by atoms with Crippen LogP contribution in [-0.4, -0.2) is 13.2 Å². The Morgan fingerprint density at radius 2 is 2.11 bits per heavy atom. The van der Waals surface area contributed by atoms with Gasteiger partial charge in [0, 0.05) is 5.56 Å². The normalized spacial score (nSPS) is 16.3. The number of hydrogen-bond acceptors (Lipinski definition) is 3. The second-order valence-electron chi connectivity index (χ2n) is 4.33. The van der Waals surface area contributed by atoms with E-state index in [1.165, 1.54) is 18.9 Å². The molecule has 96 valence electrons. The van der Waals surface area contributed by atoms with Gasteiger partial charge in [0.05, 0.1) is 6.07 Å². The summed E-state index contributed by atoms with van der Waals surface area (Å²) in [6, 6.07) is 7.86. The molecule has 1 saturated carbocycles. The molecular weight excluding hydrogens is 238 g/mol. The summed E-state index contributed by atoms with van der Waals surface area (Å²) in [5, 5.41) is 12.2. The van der Waals surface area contributed by atoms with E-state index in [2.05, 4.69) is 16.1 Å². The van der Waals surface area contributed by atoms with Crippen LogP contribution < -0.4 is 10.1 Å². The van der Waals surface area contributed by atoms with Gasteiger partial charge in [0.2, 0.25) is 0 Å². The van der Waals surface area contributed by atoms with Crippen LogP contribution in [0, 0.1) is 17.2 Å². The molecule has 18 heavy (non-hydrogen) atoms. The summed E-state index contributed by atoms with van der Waals surface area (Å²) in [6.07, 6.45) is 2.33. The Labute approximate surface area is 104 Å². The highest BCUT2D eigenvalue weighted by Gasteiger charge is 2.24. The average Bonchev–Trinajstić information content (AvgIpc) is 3.15. The summed E-state index contributed by atoms with van der Waals surface area (Å²) in [5.41, 5.74) is 0.459. The second kappa shape index (κ2) is 5.78. The van der Waals surface area contributed by atoms with Gasteiger partial charge in [-0.3, -0.25) is 5.32 Å². The molecular formula is C13H14F2N2O. The number of rotatable bonds is 6. The van der Waals surface area contributed by atoms with E-state index in [4.69, 9.17) is 5.26 Å². The van der Waals surface area contributed by atoms with Gasteiger partial charge in [-0.2, -0.15) is 14.0 Å². The fourth-order valence-electron chi connectivity index (χ4n) is 1.75. The zero-order valence-corrected chi connectivity index (χ0v) is 9.77. The quantitative estimate of drug-likeness (QED) is 0.846. The molecule has 0 spiro atoms. The Kier molecular flexibility index (Phi) is 4.11. The lowest BCUT2D eigenvalue weighted by Gasteiger charge is -2.15. The van der Waals surface area contributed by atoms with Crippen molar-refractivity contribution < 1.29 is 13.5 Å². The van der Waals surface area contributed by atoms with E-state index < -0.39 is 12.7 Å². The van der Waals surface area contributed by atoms with E-state index >= 15 is 0 Å². The number of nitrogens with one attached hydrogen (secondary N) is 1. The van der Waals surface area contributed by atoms with Gasteiger partial charge in [-0.15, -0.1) is 0 Å². The SMILES string of the molecule is N#CC(NCC1CC1)c1ccccc1OC(F)F. The number of halogens is 2. The fraction of sp³-hybridized carbons (Fsp3) is 0.462. The van der Waals surface area contributed by atoms with Crippen LogP contribution in [0.1, 0.15) is 24.4 Å². The van der Waals surface area contributed by atoms with Crippen molar-refractivity contribution in [2.24, 2.45) is 5.92 Å². The van der Waals surface area contributed by atoms with Gasteiger partial charge in [0.1, 0.15) is 11.8 Å². The van der Waals surface area contributed by atoms with Crippen LogP contribution in [0.4, 0.5) is 8.78 Å². The van der Waals surface area contributed by atoms with Crippen molar-refractivity contribution in [3.8, 4) is 11.8 Å². The molecule has 1 atom stereocenters. The molecule has 1 aliphatic carbocycles. The molecule has 0 bridgehead atoms. The Morgan fingerprint density at radius 3 is 2.72 bits per heavy atom. The van der Waals surface area contributed by atoms with Gasteiger partial charge >= 0.3 is 6.61 Å². The molecule has 1 N–H and O–H groups in total. The average molecular weight is 252 g/mol. The van der Waals surface area contributed by atoms with Crippen LogP contribution in [0.3, 0.4) is 0 Å². The summed E-state index contributed by atoms with van der Waals surface area (Å²) in [4.78, 5) is 0. The molecule has 0 aromatic heterocycles. The topological polar surface area (TPSA) is 45.0 Å². The number of hydrogen-bond donors (Lipinski definition) is 1. The van der Waals surface area contributed by atoms with Crippen molar-refractivity contribution in [1.82, 2.24) is 5.32 Å². The fourth-order valence-corrected chi connectivity index (χ4v) is 1.75. The van der Waals surface area contributed by atoms with Crippen molar-refractivity contribution in [2.45, 2.75) is 25.5 Å². The Hall–Kier alpha value is -1.67. The summed E-state index contributed by atoms with van der Waals surface area (Å²) in [5.74, 6) is 0.673. The van der Waals surface area contributed by atoms with Gasteiger partial charge in [-0.1, -0.05) is 18.2 Å². The molecule has 0 saturated heterocycles. The minimum absolute atomic E-state index is 0.0577. The number of para-hydroxylation sites is 1. The number of nitriles is 1. The minimum atomic E-state index is -2.88. The first kappa shape index (κ1) is 12.8. The maximum absolute atomic E-state index is 12.3. The third-order valence-corrected chi connectivity index (χ3v) is 2.88. The maximum Gasteiger partial charge on any atom is 0.387 e. The van der Waals surface area contributed by atoms with Crippen molar-refractivity contribution in [3.05, 3.63) is 29.8 Å². The standard InChI is InChI=1S/C13H14F2N2O/c14-13(15)18-12-4-2-1-3-10(12)11(7-16)17-8-9-5-6-9/h1-4,9,11,13,17H,5-6,8H2. The minimum Gasteiger partial charge on any atom is -0.434 e. The molecule has 1 aromatic rings. The molecule has 1 unspecified atom stereocenters. The smallest absolute Gasteiger partial charge is 0.387 e. The van der Waals surface area contributed by atoms with Crippen molar-refractivity contribution in [2.75, 3.05) is 6.54 Å². The zero-order chi connectivity index (χ0) is 13.0. The molecule has 0 radical (unpaired) electrons. The monoisotopic (exact) mass is 252 g/mol. The van der Waals surface area contributed by atoms with E-state index in [1.54, 1.807) is 18.2 Å². The van der Waals surface area contributed by atoms with Crippen LogP contribution in [0.5, 0.6) is 5.75 Å². The van der Waals surface area contributed by atoms with Gasteiger partial charge in [-0.25, -0.2) is 0 Å². The van der Waals surface area contributed by atoms with Gasteiger partial charge in [0.15, 0.2) is 0 Å². The Bertz CT molecular complexity index is 441. The summed E-state index contributed by atoms with van der Waals surface area (Å²) in [6.45, 7) is -2.14. The van der Waals surface area contributed by atoms with Crippen LogP contribution in [-0.2, 0) is 0 Å². The van der Waals surface area contributed by atoms with Gasteiger partial charge < -0.3 is 4.74 Å². The van der Waals surface area contributed by atoms with Crippen LogP contribution in [0.2, 0.25) is 0 Å². The lowest BCUT2D eigenvalue weighted by molar-refractivity contribution is -0.0505. The first-order chi connectivity index (χ1) is 8.70. The van der Waals surface area contributed by atoms with Crippen molar-refractivity contribution in [3.63, 3.8) is 0 Å². The lowest BCUT2D eigenvalue weighted by atomic mass is 10.1. The third-order valence-electron chi connectivity index (χ3n) is 2.88. The number of ether oxygens (including phenoxy) is 1. The van der Waals surface area contributed by atoms with E-state index in [0.717, 1.165) is 6.54 Å². The molecule has 1 aromatic carbocycles. The molecule has 2 rings (SSSR count). The van der Waals surface area contributed by atoms with Gasteiger partial charge in [-0.05, 0) is 31.4 Å². The predicted molar refractivity (Wildman–Crippen MR) is 62.2 cm³/mol. The Balaban J connectivity index is 2.10. The number of alkyl halides is 2. The molecule has 0 heterocycles. The summed E-state index contributed by atoms with van der Waals surface area (Å²) in [7, 11) is 0. The lowest BCUT2D eigenvalue weighted by Crippen LogP contribution is -2.23. The summed E-state index contributed by atoms with van der Waals surface area (Å²) >= 11 is 0. The van der Waals surface area contributed by atoms with E-state index in [1.807, 2.05) is 0 Å². The molecule has 0 amide bonds. The number of benzene rings is 1. The Morgan fingerprint density at radius 1 is 1.39 bits per heavy atom. The highest BCUT2D eigenvalue weighted by molar-refractivity contribution is 5.38. The summed E-state index contributed by atoms with van der Waals surface area (Å²) < 4.78 is 29.0. The zero-order valence-electron chi connectivity index (χ0n) is 9.77. The third kappa shape index (κ3) is 3.41. The number of nitrogens with zero attached hydrogens (tertiary/aromatic N) is 1. The van der Waals surface area contributed by atoms with E-state index in [9.17, 15) is 8.78 Å². The maximum atomic E-state index is 12.3. The van der Waals surface area contributed by atoms with Crippen LogP contribution in [0.25, 0.3) is 0 Å². The van der Waals surface area contributed by atoms with Crippen molar-refractivity contribution in [1.29, 1.82) is 5.26 Å².